The highest BCUT2D eigenvalue weighted by Crippen LogP contribution is 2.42. The Kier molecular flexibility index (Phi) is 4.59. The standard InChI is InChI=1S/C15H18N2O3S/c1-4-11-5-7-12(8-6-11)16(3)15-13(17(19)20)9-14(21-15)10(2)18/h5-10,18H,4H2,1-3H3/t10-/m1/s1. The van der Waals surface area contributed by atoms with Gasteiger partial charge in [0.05, 0.1) is 11.0 Å². The molecular formula is C15H18N2O3S. The number of hydrogen-bond donors (Lipinski definition) is 1. The summed E-state index contributed by atoms with van der Waals surface area (Å²) in [4.78, 5) is 13.2. The molecular weight excluding hydrogens is 288 g/mol. The van der Waals surface area contributed by atoms with Gasteiger partial charge in [-0.15, -0.1) is 11.3 Å². The number of aliphatic hydroxyl groups excluding tert-OH is 1. The number of nitro groups is 1. The third kappa shape index (κ3) is 3.22. The Hall–Kier alpha value is -1.92. The van der Waals surface area contributed by atoms with E-state index in [-0.39, 0.29) is 5.69 Å². The van der Waals surface area contributed by atoms with Crippen LogP contribution in [0.25, 0.3) is 0 Å². The van der Waals surface area contributed by atoms with Crippen LogP contribution >= 0.6 is 11.3 Å². The quantitative estimate of drug-likeness (QED) is 0.668. The zero-order chi connectivity index (χ0) is 15.6. The number of thiophene rings is 1. The zero-order valence-corrected chi connectivity index (χ0v) is 13.1. The van der Waals surface area contributed by atoms with Gasteiger partial charge >= 0.3 is 5.69 Å². The average molecular weight is 306 g/mol. The minimum absolute atomic E-state index is 0.0259. The molecule has 1 heterocycles. The van der Waals surface area contributed by atoms with E-state index in [9.17, 15) is 15.2 Å². The second kappa shape index (κ2) is 6.24. The molecule has 2 aromatic rings. The van der Waals surface area contributed by atoms with Crippen molar-refractivity contribution in [2.24, 2.45) is 0 Å². The van der Waals surface area contributed by atoms with E-state index in [1.54, 1.807) is 18.9 Å². The summed E-state index contributed by atoms with van der Waals surface area (Å²) in [5.41, 5.74) is 2.13. The Morgan fingerprint density at radius 1 is 1.38 bits per heavy atom. The fraction of sp³-hybridized carbons (Fsp3) is 0.333. The summed E-state index contributed by atoms with van der Waals surface area (Å²) in [6.07, 6.45) is 0.244. The summed E-state index contributed by atoms with van der Waals surface area (Å²) in [6.45, 7) is 3.69. The number of nitrogens with zero attached hydrogens (tertiary/aromatic N) is 2. The van der Waals surface area contributed by atoms with Crippen LogP contribution < -0.4 is 4.90 Å². The fourth-order valence-electron chi connectivity index (χ4n) is 2.04. The third-order valence-electron chi connectivity index (χ3n) is 3.36. The van der Waals surface area contributed by atoms with E-state index in [4.69, 9.17) is 0 Å². The van der Waals surface area contributed by atoms with Gasteiger partial charge in [-0.2, -0.15) is 0 Å². The van der Waals surface area contributed by atoms with Crippen LogP contribution in [-0.2, 0) is 6.42 Å². The van der Waals surface area contributed by atoms with E-state index < -0.39 is 11.0 Å². The number of aliphatic hydroxyl groups is 1. The van der Waals surface area contributed by atoms with Gasteiger partial charge in [0.25, 0.3) is 0 Å². The first-order chi connectivity index (χ1) is 9.93. The second-order valence-electron chi connectivity index (χ2n) is 4.85. The van der Waals surface area contributed by atoms with E-state index in [0.29, 0.717) is 9.88 Å². The van der Waals surface area contributed by atoms with E-state index in [1.807, 2.05) is 24.3 Å². The summed E-state index contributed by atoms with van der Waals surface area (Å²) in [5.74, 6) is 0. The summed E-state index contributed by atoms with van der Waals surface area (Å²) in [7, 11) is 1.80. The molecule has 1 aromatic heterocycles. The van der Waals surface area contributed by atoms with Crippen molar-refractivity contribution in [3.8, 4) is 0 Å². The monoisotopic (exact) mass is 306 g/mol. The maximum atomic E-state index is 11.2. The fourth-order valence-corrected chi connectivity index (χ4v) is 3.08. The highest BCUT2D eigenvalue weighted by Gasteiger charge is 2.24. The van der Waals surface area contributed by atoms with Crippen LogP contribution in [0.2, 0.25) is 0 Å². The van der Waals surface area contributed by atoms with Gasteiger partial charge in [0, 0.05) is 23.7 Å². The Bertz CT molecular complexity index is 635. The second-order valence-corrected chi connectivity index (χ2v) is 5.91. The van der Waals surface area contributed by atoms with Gasteiger partial charge in [0.15, 0.2) is 5.00 Å². The van der Waals surface area contributed by atoms with Crippen molar-refractivity contribution in [3.63, 3.8) is 0 Å². The van der Waals surface area contributed by atoms with Crippen molar-refractivity contribution < 1.29 is 10.0 Å². The summed E-state index contributed by atoms with van der Waals surface area (Å²) in [5, 5.41) is 21.4. The van der Waals surface area contributed by atoms with Crippen molar-refractivity contribution in [1.82, 2.24) is 0 Å². The lowest BCUT2D eigenvalue weighted by Crippen LogP contribution is -2.09. The maximum Gasteiger partial charge on any atom is 0.304 e. The molecule has 0 spiro atoms. The van der Waals surface area contributed by atoms with Gasteiger partial charge in [-0.3, -0.25) is 10.1 Å². The minimum Gasteiger partial charge on any atom is -0.388 e. The molecule has 0 fully saturated rings. The Morgan fingerprint density at radius 2 is 2.00 bits per heavy atom. The van der Waals surface area contributed by atoms with E-state index in [1.165, 1.54) is 23.0 Å². The number of anilines is 2. The van der Waals surface area contributed by atoms with Crippen molar-refractivity contribution in [1.29, 1.82) is 0 Å². The van der Waals surface area contributed by atoms with Crippen LogP contribution in [-0.4, -0.2) is 17.1 Å². The SMILES string of the molecule is CCc1ccc(N(C)c2sc([C@@H](C)O)cc2[N+](=O)[O-])cc1. The highest BCUT2D eigenvalue weighted by atomic mass is 32.1. The van der Waals surface area contributed by atoms with E-state index >= 15 is 0 Å². The molecule has 1 aromatic carbocycles. The van der Waals surface area contributed by atoms with Crippen LogP contribution in [0.4, 0.5) is 16.4 Å². The predicted octanol–water partition coefficient (Wildman–Crippen LogP) is 4.04. The smallest absolute Gasteiger partial charge is 0.304 e. The zero-order valence-electron chi connectivity index (χ0n) is 12.2. The molecule has 112 valence electrons. The molecule has 0 aliphatic carbocycles. The first kappa shape index (κ1) is 15.5. The molecule has 0 aliphatic rings. The van der Waals surface area contributed by atoms with Gasteiger partial charge in [0.2, 0.25) is 0 Å². The largest absolute Gasteiger partial charge is 0.388 e. The van der Waals surface area contributed by atoms with Crippen LogP contribution in [0.5, 0.6) is 0 Å². The number of hydrogen-bond acceptors (Lipinski definition) is 5. The highest BCUT2D eigenvalue weighted by molar-refractivity contribution is 7.16. The van der Waals surface area contributed by atoms with Crippen LogP contribution in [0.1, 0.15) is 30.4 Å². The maximum absolute atomic E-state index is 11.2. The van der Waals surface area contributed by atoms with Gasteiger partial charge in [-0.1, -0.05) is 19.1 Å². The van der Waals surface area contributed by atoms with E-state index in [0.717, 1.165) is 12.1 Å². The molecule has 0 amide bonds. The Labute approximate surface area is 127 Å². The molecule has 5 nitrogen and oxygen atoms in total. The lowest BCUT2D eigenvalue weighted by atomic mass is 10.1. The van der Waals surface area contributed by atoms with Crippen LogP contribution in [0, 0.1) is 10.1 Å². The summed E-state index contributed by atoms with van der Waals surface area (Å²) in [6, 6.07) is 9.37. The van der Waals surface area contributed by atoms with E-state index in [2.05, 4.69) is 6.92 Å². The molecule has 0 radical (unpaired) electrons. The molecule has 2 rings (SSSR count). The Balaban J connectivity index is 2.41. The lowest BCUT2D eigenvalue weighted by Gasteiger charge is -2.17. The average Bonchev–Trinajstić information content (AvgIpc) is 2.92. The first-order valence-electron chi connectivity index (χ1n) is 6.73. The van der Waals surface area contributed by atoms with Gasteiger partial charge in [0.1, 0.15) is 0 Å². The van der Waals surface area contributed by atoms with Gasteiger partial charge < -0.3 is 10.0 Å². The molecule has 1 atom stereocenters. The minimum atomic E-state index is -0.710. The van der Waals surface area contributed by atoms with Gasteiger partial charge in [-0.25, -0.2) is 0 Å². The molecule has 0 aliphatic heterocycles. The molecule has 0 saturated carbocycles. The van der Waals surface area contributed by atoms with Crippen molar-refractivity contribution >= 4 is 27.7 Å². The van der Waals surface area contributed by atoms with Crippen LogP contribution in [0.3, 0.4) is 0 Å². The molecule has 0 saturated heterocycles. The Morgan fingerprint density at radius 3 is 2.48 bits per heavy atom. The number of benzene rings is 1. The molecule has 21 heavy (non-hydrogen) atoms. The number of rotatable bonds is 5. The van der Waals surface area contributed by atoms with Crippen LogP contribution in [0.15, 0.2) is 30.3 Å². The molecule has 0 bridgehead atoms. The van der Waals surface area contributed by atoms with Gasteiger partial charge in [-0.05, 0) is 31.0 Å². The predicted molar refractivity (Wildman–Crippen MR) is 85.5 cm³/mol. The third-order valence-corrected chi connectivity index (χ3v) is 4.73. The number of aryl methyl sites for hydroxylation is 1. The van der Waals surface area contributed by atoms with Crippen molar-refractivity contribution in [3.05, 3.63) is 50.9 Å². The molecule has 6 heteroatoms. The normalized spacial score (nSPS) is 12.2. The lowest BCUT2D eigenvalue weighted by molar-refractivity contribution is -0.383. The summed E-state index contributed by atoms with van der Waals surface area (Å²) < 4.78 is 0. The summed E-state index contributed by atoms with van der Waals surface area (Å²) >= 11 is 1.24. The first-order valence-corrected chi connectivity index (χ1v) is 7.54. The topological polar surface area (TPSA) is 66.6 Å². The van der Waals surface area contributed by atoms with Crippen molar-refractivity contribution in [2.75, 3.05) is 11.9 Å². The van der Waals surface area contributed by atoms with Crippen molar-refractivity contribution in [2.45, 2.75) is 26.4 Å². The molecule has 0 unspecified atom stereocenters. The molecule has 1 N–H and O–H groups in total.